The molecule has 0 saturated carbocycles. The van der Waals surface area contributed by atoms with Gasteiger partial charge in [-0.2, -0.15) is 0 Å². The Kier molecular flexibility index (Phi) is 5.72. The van der Waals surface area contributed by atoms with E-state index >= 15 is 0 Å². The normalized spacial score (nSPS) is 12.8. The molecule has 4 nitrogen and oxygen atoms in total. The number of carbonyl (C=O) groups is 1. The fourth-order valence-corrected chi connectivity index (χ4v) is 3.08. The first-order valence-electron chi connectivity index (χ1n) is 7.48. The highest BCUT2D eigenvalue weighted by molar-refractivity contribution is 6.33. The van der Waals surface area contributed by atoms with Crippen LogP contribution in [0.25, 0.3) is 11.1 Å². The summed E-state index contributed by atoms with van der Waals surface area (Å²) in [6.45, 7) is 4.77. The minimum atomic E-state index is -1.38. The summed E-state index contributed by atoms with van der Waals surface area (Å²) in [6, 6.07) is 6.06. The number of hydrogen-bond acceptors (Lipinski definition) is 4. The molecule has 0 saturated heterocycles. The van der Waals surface area contributed by atoms with Crippen molar-refractivity contribution in [2.75, 3.05) is 7.11 Å². The first-order chi connectivity index (χ1) is 11.6. The van der Waals surface area contributed by atoms with Gasteiger partial charge in [0, 0.05) is 11.1 Å². The minimum absolute atomic E-state index is 0.0480. The summed E-state index contributed by atoms with van der Waals surface area (Å²) >= 11 is 12.2. The van der Waals surface area contributed by atoms with Gasteiger partial charge in [0.05, 0.1) is 18.6 Å². The summed E-state index contributed by atoms with van der Waals surface area (Å²) in [7, 11) is 1.22. The lowest BCUT2D eigenvalue weighted by atomic mass is 9.80. The van der Waals surface area contributed by atoms with Crippen molar-refractivity contribution in [2.24, 2.45) is 5.41 Å². The van der Waals surface area contributed by atoms with Crippen LogP contribution >= 0.6 is 23.2 Å². The smallest absolute Gasteiger partial charge is 0.314 e. The van der Waals surface area contributed by atoms with Crippen LogP contribution in [0, 0.1) is 18.2 Å². The van der Waals surface area contributed by atoms with Crippen molar-refractivity contribution in [3.8, 4) is 11.1 Å². The van der Waals surface area contributed by atoms with Crippen LogP contribution in [-0.2, 0) is 9.53 Å². The molecule has 1 aromatic heterocycles. The van der Waals surface area contributed by atoms with Crippen molar-refractivity contribution in [3.05, 3.63) is 51.5 Å². The lowest BCUT2D eigenvalue weighted by Gasteiger charge is -2.29. The number of hydrogen-bond donors (Lipinski definition) is 1. The van der Waals surface area contributed by atoms with Gasteiger partial charge in [-0.3, -0.25) is 4.79 Å². The van der Waals surface area contributed by atoms with E-state index in [0.717, 1.165) is 5.56 Å². The summed E-state index contributed by atoms with van der Waals surface area (Å²) in [4.78, 5) is 16.0. The molecule has 0 radical (unpaired) electrons. The van der Waals surface area contributed by atoms with Crippen LogP contribution in [0.5, 0.6) is 0 Å². The summed E-state index contributed by atoms with van der Waals surface area (Å²) in [5, 5.41) is 10.8. The van der Waals surface area contributed by atoms with Gasteiger partial charge in [-0.15, -0.1) is 0 Å². The zero-order chi connectivity index (χ0) is 18.9. The third-order valence-electron chi connectivity index (χ3n) is 4.06. The van der Waals surface area contributed by atoms with Crippen molar-refractivity contribution in [2.45, 2.75) is 26.9 Å². The molecule has 0 spiro atoms. The van der Waals surface area contributed by atoms with E-state index in [9.17, 15) is 14.3 Å². The predicted molar refractivity (Wildman–Crippen MR) is 95.1 cm³/mol. The van der Waals surface area contributed by atoms with Crippen LogP contribution in [0.15, 0.2) is 24.3 Å². The summed E-state index contributed by atoms with van der Waals surface area (Å²) in [5.41, 5.74) is -0.00343. The third-order valence-corrected chi connectivity index (χ3v) is 4.55. The average Bonchev–Trinajstić information content (AvgIpc) is 2.52. The van der Waals surface area contributed by atoms with Crippen LogP contribution in [0.3, 0.4) is 0 Å². The molecular weight excluding hydrogens is 368 g/mol. The van der Waals surface area contributed by atoms with Crippen LogP contribution < -0.4 is 0 Å². The monoisotopic (exact) mass is 385 g/mol. The minimum Gasteiger partial charge on any atom is -0.469 e. The molecule has 0 bridgehead atoms. The molecule has 1 N–H and O–H groups in total. The van der Waals surface area contributed by atoms with E-state index in [1.165, 1.54) is 33.1 Å². The Balaban J connectivity index is 2.72. The van der Waals surface area contributed by atoms with Gasteiger partial charge < -0.3 is 9.84 Å². The Hall–Kier alpha value is -1.69. The predicted octanol–water partition coefficient (Wildman–Crippen LogP) is 4.74. The molecule has 7 heteroatoms. The molecule has 1 heterocycles. The Morgan fingerprint density at radius 3 is 2.48 bits per heavy atom. The Bertz CT molecular complexity index is 824. The quantitative estimate of drug-likeness (QED) is 0.609. The van der Waals surface area contributed by atoms with Crippen LogP contribution in [-0.4, -0.2) is 23.2 Å². The number of benzene rings is 1. The van der Waals surface area contributed by atoms with E-state index in [1.54, 1.807) is 19.1 Å². The highest BCUT2D eigenvalue weighted by Crippen LogP contribution is 2.43. The highest BCUT2D eigenvalue weighted by atomic mass is 35.5. The molecule has 1 aromatic carbocycles. The SMILES string of the molecule is COC(=O)C(C)(C)C(O)c1c(-c2ccc(C)cc2F)cc(Cl)nc1Cl. The molecule has 0 aliphatic heterocycles. The molecule has 0 aliphatic rings. The lowest BCUT2D eigenvalue weighted by Crippen LogP contribution is -2.33. The molecule has 25 heavy (non-hydrogen) atoms. The average molecular weight is 386 g/mol. The maximum atomic E-state index is 14.5. The van der Waals surface area contributed by atoms with Gasteiger partial charge in [0.2, 0.25) is 0 Å². The molecule has 0 amide bonds. The Labute approximate surface area is 155 Å². The number of ether oxygens (including phenoxy) is 1. The number of carbonyl (C=O) groups excluding carboxylic acids is 1. The second kappa shape index (κ2) is 7.28. The van der Waals surface area contributed by atoms with Gasteiger partial charge in [0.25, 0.3) is 0 Å². The number of aryl methyl sites for hydroxylation is 1. The fourth-order valence-electron chi connectivity index (χ4n) is 2.55. The van der Waals surface area contributed by atoms with Gasteiger partial charge in [0.15, 0.2) is 0 Å². The summed E-state index contributed by atoms with van der Waals surface area (Å²) in [6.07, 6.45) is -1.38. The molecule has 0 fully saturated rings. The number of esters is 1. The van der Waals surface area contributed by atoms with Crippen molar-refractivity contribution < 1.29 is 19.0 Å². The number of nitrogens with zero attached hydrogens (tertiary/aromatic N) is 1. The van der Waals surface area contributed by atoms with Crippen molar-refractivity contribution in [3.63, 3.8) is 0 Å². The van der Waals surface area contributed by atoms with E-state index in [-0.39, 0.29) is 27.0 Å². The molecule has 1 atom stereocenters. The zero-order valence-corrected chi connectivity index (χ0v) is 15.7. The van der Waals surface area contributed by atoms with Gasteiger partial charge in [-0.05, 0) is 44.0 Å². The Morgan fingerprint density at radius 1 is 1.28 bits per heavy atom. The number of methoxy groups -OCH3 is 1. The number of rotatable bonds is 4. The number of aliphatic hydroxyl groups is 1. The third kappa shape index (κ3) is 3.78. The van der Waals surface area contributed by atoms with Crippen molar-refractivity contribution in [1.29, 1.82) is 0 Å². The molecular formula is C18H18Cl2FNO3. The Morgan fingerprint density at radius 2 is 1.92 bits per heavy atom. The van der Waals surface area contributed by atoms with Crippen LogP contribution in [0.4, 0.5) is 4.39 Å². The number of halogens is 3. The molecule has 2 aromatic rings. The van der Waals surface area contributed by atoms with Gasteiger partial charge >= 0.3 is 5.97 Å². The maximum absolute atomic E-state index is 14.5. The number of pyridine rings is 1. The number of aliphatic hydroxyl groups excluding tert-OH is 1. The standard InChI is InChI=1S/C18H18Cl2FNO3/c1-9-5-6-10(12(21)7-9)11-8-13(19)22-16(20)14(11)15(23)18(2,3)17(24)25-4/h5-8,15,23H,1-4H3. The fraction of sp³-hybridized carbons (Fsp3) is 0.333. The lowest BCUT2D eigenvalue weighted by molar-refractivity contribution is -0.157. The van der Waals surface area contributed by atoms with E-state index in [0.29, 0.717) is 0 Å². The van der Waals surface area contributed by atoms with Gasteiger partial charge in [-0.1, -0.05) is 35.3 Å². The van der Waals surface area contributed by atoms with Crippen molar-refractivity contribution >= 4 is 29.2 Å². The molecule has 134 valence electrons. The first-order valence-corrected chi connectivity index (χ1v) is 8.24. The van der Waals surface area contributed by atoms with Gasteiger partial charge in [-0.25, -0.2) is 9.37 Å². The first kappa shape index (κ1) is 19.6. The topological polar surface area (TPSA) is 59.4 Å². The summed E-state index contributed by atoms with van der Waals surface area (Å²) in [5.74, 6) is -1.14. The van der Waals surface area contributed by atoms with E-state index in [1.807, 2.05) is 0 Å². The zero-order valence-electron chi connectivity index (χ0n) is 14.2. The van der Waals surface area contributed by atoms with Crippen LogP contribution in [0.1, 0.15) is 31.1 Å². The molecule has 0 aliphatic carbocycles. The van der Waals surface area contributed by atoms with E-state index in [4.69, 9.17) is 27.9 Å². The highest BCUT2D eigenvalue weighted by Gasteiger charge is 2.40. The largest absolute Gasteiger partial charge is 0.469 e. The van der Waals surface area contributed by atoms with Gasteiger partial charge in [0.1, 0.15) is 16.1 Å². The second-order valence-electron chi connectivity index (χ2n) is 6.30. The molecule has 2 rings (SSSR count). The molecule has 1 unspecified atom stereocenters. The van der Waals surface area contributed by atoms with Crippen molar-refractivity contribution in [1.82, 2.24) is 4.98 Å². The maximum Gasteiger partial charge on any atom is 0.314 e. The second-order valence-corrected chi connectivity index (χ2v) is 7.04. The van der Waals surface area contributed by atoms with Crippen LogP contribution in [0.2, 0.25) is 10.3 Å². The summed E-state index contributed by atoms with van der Waals surface area (Å²) < 4.78 is 19.2. The van der Waals surface area contributed by atoms with E-state index < -0.39 is 23.3 Å². The number of aromatic nitrogens is 1. The van der Waals surface area contributed by atoms with E-state index in [2.05, 4.69) is 4.98 Å².